The van der Waals surface area contributed by atoms with Gasteiger partial charge in [-0.1, -0.05) is 12.1 Å². The molecule has 1 aromatic carbocycles. The molecule has 8 heavy (non-hydrogen) atoms. The van der Waals surface area contributed by atoms with Crippen molar-refractivity contribution < 1.29 is 0 Å². The van der Waals surface area contributed by atoms with Gasteiger partial charge >= 0.3 is 0 Å². The second kappa shape index (κ2) is 1.86. The fourth-order valence-corrected chi connectivity index (χ4v) is 0.559. The van der Waals surface area contributed by atoms with E-state index >= 15 is 0 Å². The Bertz CT molecular complexity index is 164. The van der Waals surface area contributed by atoms with Gasteiger partial charge in [-0.15, -0.1) is 0 Å². The molecule has 0 aromatic heterocycles. The van der Waals surface area contributed by atoms with Crippen molar-refractivity contribution in [1.82, 2.24) is 0 Å². The quantitative estimate of drug-likeness (QED) is 0.495. The zero-order chi connectivity index (χ0) is 5.98. The van der Waals surface area contributed by atoms with Gasteiger partial charge in [0.05, 0.1) is 0 Å². The van der Waals surface area contributed by atoms with Crippen LogP contribution in [0.4, 0.5) is 5.69 Å². The molecule has 0 fully saturated rings. The maximum absolute atomic E-state index is 5.38. The Morgan fingerprint density at radius 2 is 2.12 bits per heavy atom. The van der Waals surface area contributed by atoms with Gasteiger partial charge in [-0.25, -0.2) is 0 Å². The lowest BCUT2D eigenvalue weighted by molar-refractivity contribution is 1.61. The second-order valence-electron chi connectivity index (χ2n) is 1.67. The molecule has 0 aliphatic carbocycles. The van der Waals surface area contributed by atoms with Crippen molar-refractivity contribution in [3.63, 3.8) is 0 Å². The minimum atomic E-state index is 0.713. The van der Waals surface area contributed by atoms with Gasteiger partial charge in [0, 0.05) is 5.69 Å². The highest BCUT2D eigenvalue weighted by molar-refractivity contribution is 5.41. The molecule has 1 aromatic rings. The zero-order valence-electron chi connectivity index (χ0n) is 4.46. The molecule has 1 heteroatoms. The monoisotopic (exact) mass is 105 g/mol. The third-order valence-corrected chi connectivity index (χ3v) is 0.911. The third-order valence-electron chi connectivity index (χ3n) is 0.911. The summed E-state index contributed by atoms with van der Waals surface area (Å²) in [4.78, 5) is 0. The number of hydrogen-bond acceptors (Lipinski definition) is 1. The molecule has 2 radical (unpaired) electrons. The van der Waals surface area contributed by atoms with Gasteiger partial charge in [0.2, 0.25) is 0 Å². The van der Waals surface area contributed by atoms with Crippen LogP contribution < -0.4 is 5.73 Å². The standard InChI is InChI=1S/C7H7N/c1-6-3-2-4-7(8)5-6/h1-5H,8H2. The van der Waals surface area contributed by atoms with Gasteiger partial charge in [-0.3, -0.25) is 0 Å². The number of benzene rings is 1. The molecule has 0 aliphatic heterocycles. The molecule has 0 saturated carbocycles. The van der Waals surface area contributed by atoms with Crippen molar-refractivity contribution in [2.24, 2.45) is 0 Å². The van der Waals surface area contributed by atoms with E-state index < -0.39 is 0 Å². The highest BCUT2D eigenvalue weighted by atomic mass is 14.5. The summed E-state index contributed by atoms with van der Waals surface area (Å²) >= 11 is 0. The molecule has 0 amide bonds. The molecule has 0 spiro atoms. The molecule has 0 heterocycles. The van der Waals surface area contributed by atoms with E-state index in [0.717, 1.165) is 0 Å². The van der Waals surface area contributed by atoms with Crippen LogP contribution in [0.25, 0.3) is 0 Å². The molecule has 40 valence electrons. The Balaban J connectivity index is 3.08. The van der Waals surface area contributed by atoms with Crippen LogP contribution in [0.1, 0.15) is 5.56 Å². The van der Waals surface area contributed by atoms with Crippen LogP contribution in [0.3, 0.4) is 0 Å². The highest BCUT2D eigenvalue weighted by Gasteiger charge is 1.81. The predicted octanol–water partition coefficient (Wildman–Crippen LogP) is 1.33. The SMILES string of the molecule is [CH]c1cccc(N)c1. The van der Waals surface area contributed by atoms with E-state index in [1.807, 2.05) is 6.07 Å². The molecule has 0 aliphatic rings. The van der Waals surface area contributed by atoms with Crippen LogP contribution in [0.2, 0.25) is 0 Å². The Labute approximate surface area is 49.1 Å². The van der Waals surface area contributed by atoms with Crippen LogP contribution in [-0.4, -0.2) is 0 Å². The third kappa shape index (κ3) is 0.997. The van der Waals surface area contributed by atoms with Crippen LogP contribution in [0, 0.1) is 6.92 Å². The summed E-state index contributed by atoms with van der Waals surface area (Å²) in [6, 6.07) is 7.15. The maximum atomic E-state index is 5.38. The lowest BCUT2D eigenvalue weighted by Crippen LogP contribution is -1.82. The first-order valence-corrected chi connectivity index (χ1v) is 2.40. The smallest absolute Gasteiger partial charge is 0.0316 e. The number of anilines is 1. The van der Waals surface area contributed by atoms with Gasteiger partial charge in [0.15, 0.2) is 0 Å². The van der Waals surface area contributed by atoms with E-state index in [1.165, 1.54) is 0 Å². The maximum Gasteiger partial charge on any atom is 0.0316 e. The first kappa shape index (κ1) is 5.16. The molecule has 1 nitrogen and oxygen atoms in total. The molecule has 0 bridgehead atoms. The Morgan fingerprint density at radius 3 is 2.50 bits per heavy atom. The molecule has 0 saturated heterocycles. The molecule has 0 unspecified atom stereocenters. The number of hydrogen-bond donors (Lipinski definition) is 1. The van der Waals surface area contributed by atoms with Gasteiger partial charge in [0.25, 0.3) is 0 Å². The Kier molecular flexibility index (Phi) is 1.20. The number of nitrogens with two attached hydrogens (primary N) is 1. The van der Waals surface area contributed by atoms with Crippen molar-refractivity contribution >= 4 is 5.69 Å². The summed E-state index contributed by atoms with van der Waals surface area (Å²) in [5, 5.41) is 0. The minimum Gasteiger partial charge on any atom is -0.399 e. The fourth-order valence-electron chi connectivity index (χ4n) is 0.559. The summed E-state index contributed by atoms with van der Waals surface area (Å²) in [6.45, 7) is 5.38. The van der Waals surface area contributed by atoms with E-state index in [4.69, 9.17) is 12.7 Å². The zero-order valence-corrected chi connectivity index (χ0v) is 4.46. The summed E-state index contributed by atoms with van der Waals surface area (Å²) in [5.74, 6) is 0. The number of rotatable bonds is 0. The summed E-state index contributed by atoms with van der Waals surface area (Å²) < 4.78 is 0. The van der Waals surface area contributed by atoms with Crippen LogP contribution in [0.5, 0.6) is 0 Å². The lowest BCUT2D eigenvalue weighted by Gasteiger charge is -1.90. The molecule has 0 atom stereocenters. The molecular formula is C7H7N. The molecular weight excluding hydrogens is 98.1 g/mol. The van der Waals surface area contributed by atoms with Crippen LogP contribution in [-0.2, 0) is 0 Å². The van der Waals surface area contributed by atoms with Crippen molar-refractivity contribution in [1.29, 1.82) is 0 Å². The first-order valence-electron chi connectivity index (χ1n) is 2.40. The average Bonchev–Trinajstić information content (AvgIpc) is 1.64. The van der Waals surface area contributed by atoms with Crippen molar-refractivity contribution in [2.45, 2.75) is 0 Å². The second-order valence-corrected chi connectivity index (χ2v) is 1.67. The summed E-state index contributed by atoms with van der Waals surface area (Å²) in [5.41, 5.74) is 6.80. The first-order chi connectivity index (χ1) is 3.79. The Hall–Kier alpha value is -0.980. The number of nitrogen functional groups attached to an aromatic ring is 1. The summed E-state index contributed by atoms with van der Waals surface area (Å²) in [6.07, 6.45) is 0. The largest absolute Gasteiger partial charge is 0.399 e. The normalized spacial score (nSPS) is 9.12. The van der Waals surface area contributed by atoms with E-state index in [-0.39, 0.29) is 0 Å². The van der Waals surface area contributed by atoms with Crippen LogP contribution in [0.15, 0.2) is 24.3 Å². The molecule has 1 rings (SSSR count). The lowest BCUT2D eigenvalue weighted by atomic mass is 10.2. The highest BCUT2D eigenvalue weighted by Crippen LogP contribution is 2.03. The van der Waals surface area contributed by atoms with Crippen molar-refractivity contribution in [3.8, 4) is 0 Å². The fraction of sp³-hybridized carbons (Fsp3) is 0. The molecule has 2 N–H and O–H groups in total. The van der Waals surface area contributed by atoms with E-state index in [9.17, 15) is 0 Å². The van der Waals surface area contributed by atoms with Gasteiger partial charge in [-0.05, 0) is 24.6 Å². The summed E-state index contributed by atoms with van der Waals surface area (Å²) in [7, 11) is 0. The van der Waals surface area contributed by atoms with Crippen LogP contribution >= 0.6 is 0 Å². The van der Waals surface area contributed by atoms with E-state index in [1.54, 1.807) is 18.2 Å². The predicted molar refractivity (Wildman–Crippen MR) is 34.3 cm³/mol. The van der Waals surface area contributed by atoms with Gasteiger partial charge in [0.1, 0.15) is 0 Å². The van der Waals surface area contributed by atoms with Gasteiger partial charge < -0.3 is 5.73 Å². The van der Waals surface area contributed by atoms with Crippen molar-refractivity contribution in [2.75, 3.05) is 5.73 Å². The average molecular weight is 105 g/mol. The topological polar surface area (TPSA) is 26.0 Å². The van der Waals surface area contributed by atoms with Gasteiger partial charge in [-0.2, -0.15) is 0 Å². The van der Waals surface area contributed by atoms with Crippen molar-refractivity contribution in [3.05, 3.63) is 36.8 Å². The van der Waals surface area contributed by atoms with E-state index in [0.29, 0.717) is 11.3 Å². The Morgan fingerprint density at radius 1 is 1.38 bits per heavy atom. The minimum absolute atomic E-state index is 0.713. The van der Waals surface area contributed by atoms with E-state index in [2.05, 4.69) is 0 Å².